The van der Waals surface area contributed by atoms with Crippen LogP contribution in [0, 0.1) is 0 Å². The summed E-state index contributed by atoms with van der Waals surface area (Å²) >= 11 is 13.3. The van der Waals surface area contributed by atoms with Crippen LogP contribution in [-0.4, -0.2) is 20.6 Å². The van der Waals surface area contributed by atoms with Crippen LogP contribution in [0.3, 0.4) is 0 Å². The average Bonchev–Trinajstić information content (AvgIpc) is 3.31. The predicted molar refractivity (Wildman–Crippen MR) is 116 cm³/mol. The molecular weight excluding hydrogens is 431 g/mol. The number of halogens is 2. The molecule has 0 spiro atoms. The van der Waals surface area contributed by atoms with E-state index in [1.165, 1.54) is 0 Å². The number of hydrogen-bond donors (Lipinski definition) is 1. The van der Waals surface area contributed by atoms with Crippen molar-refractivity contribution >= 4 is 51.5 Å². The van der Waals surface area contributed by atoms with E-state index >= 15 is 0 Å². The Labute approximate surface area is 181 Å². The van der Waals surface area contributed by atoms with E-state index in [2.05, 4.69) is 4.98 Å². The fraction of sp³-hybridized carbons (Fsp3) is 0.143. The molecule has 0 fully saturated rings. The number of aromatic carboxylic acids is 1. The number of aromatic nitrogens is 2. The number of carboxylic acid groups (broad SMARTS) is 1. The Balaban J connectivity index is 1.74. The van der Waals surface area contributed by atoms with Gasteiger partial charge in [0.15, 0.2) is 4.88 Å². The zero-order chi connectivity index (χ0) is 20.5. The molecule has 8 heteroatoms. The maximum atomic E-state index is 11.8. The van der Waals surface area contributed by atoms with Crippen molar-refractivity contribution in [1.29, 1.82) is 0 Å². The van der Waals surface area contributed by atoms with E-state index in [1.807, 2.05) is 47.9 Å². The Morgan fingerprint density at radius 3 is 2.79 bits per heavy atom. The van der Waals surface area contributed by atoms with Crippen LogP contribution in [0.25, 0.3) is 16.0 Å². The van der Waals surface area contributed by atoms with Gasteiger partial charge in [0.25, 0.3) is 0 Å². The van der Waals surface area contributed by atoms with Gasteiger partial charge in [0.1, 0.15) is 23.2 Å². The molecule has 0 aliphatic rings. The van der Waals surface area contributed by atoms with E-state index in [9.17, 15) is 9.90 Å². The number of ether oxygens (including phenoxy) is 1. The Morgan fingerprint density at radius 2 is 2.07 bits per heavy atom. The second-order valence-electron chi connectivity index (χ2n) is 6.44. The minimum atomic E-state index is -1.05. The highest BCUT2D eigenvalue weighted by molar-refractivity contribution is 7.16. The topological polar surface area (TPSA) is 64.4 Å². The van der Waals surface area contributed by atoms with Crippen molar-refractivity contribution < 1.29 is 14.6 Å². The summed E-state index contributed by atoms with van der Waals surface area (Å²) in [5, 5.41) is 10.9. The molecule has 5 nitrogen and oxygen atoms in total. The molecule has 2 aromatic heterocycles. The lowest BCUT2D eigenvalue weighted by Crippen LogP contribution is -2.06. The van der Waals surface area contributed by atoms with Gasteiger partial charge in [0.05, 0.1) is 11.0 Å². The molecule has 0 unspecified atom stereocenters. The summed E-state index contributed by atoms with van der Waals surface area (Å²) in [5.74, 6) is -0.371. The number of carbonyl (C=O) groups is 1. The van der Waals surface area contributed by atoms with Gasteiger partial charge in [-0.25, -0.2) is 9.78 Å². The van der Waals surface area contributed by atoms with Crippen LogP contribution in [0.15, 0.2) is 54.9 Å². The number of carboxylic acids is 1. The lowest BCUT2D eigenvalue weighted by atomic mass is 10.1. The maximum Gasteiger partial charge on any atom is 0.349 e. The van der Waals surface area contributed by atoms with Crippen LogP contribution in [0.4, 0.5) is 0 Å². The maximum absolute atomic E-state index is 11.8. The first kappa shape index (κ1) is 19.8. The summed E-state index contributed by atoms with van der Waals surface area (Å²) in [4.78, 5) is 16.3. The molecular formula is C21H16Cl2N2O3S. The first-order valence-corrected chi connectivity index (χ1v) is 10.5. The largest absolute Gasteiger partial charge is 0.484 e. The van der Waals surface area contributed by atoms with Gasteiger partial charge in [-0.05, 0) is 30.7 Å². The zero-order valence-electron chi connectivity index (χ0n) is 15.3. The van der Waals surface area contributed by atoms with Crippen molar-refractivity contribution in [3.05, 3.63) is 75.9 Å². The molecule has 0 saturated carbocycles. The van der Waals surface area contributed by atoms with Crippen molar-refractivity contribution in [3.63, 3.8) is 0 Å². The predicted octanol–water partition coefficient (Wildman–Crippen LogP) is 6.32. The molecule has 0 aliphatic heterocycles. The third kappa shape index (κ3) is 3.83. The normalized spacial score (nSPS) is 12.2. The third-order valence-electron chi connectivity index (χ3n) is 4.53. The van der Waals surface area contributed by atoms with Crippen molar-refractivity contribution in [3.8, 4) is 10.8 Å². The number of fused-ring (bicyclic) bond motifs is 1. The molecule has 4 aromatic rings. The molecule has 29 heavy (non-hydrogen) atoms. The minimum absolute atomic E-state index is 0.120. The van der Waals surface area contributed by atoms with Gasteiger partial charge in [-0.15, -0.1) is 22.9 Å². The van der Waals surface area contributed by atoms with E-state index in [4.69, 9.17) is 27.9 Å². The van der Waals surface area contributed by atoms with E-state index in [1.54, 1.807) is 18.5 Å². The molecule has 0 bridgehead atoms. The summed E-state index contributed by atoms with van der Waals surface area (Å²) in [6.07, 6.45) is 1.26. The monoisotopic (exact) mass is 446 g/mol. The SMILES string of the molecule is C[C@@H](Oc1cc(-n2cnc3ccc(CCl)cc32)sc1C(=O)O)c1ccccc1Cl. The summed E-state index contributed by atoms with van der Waals surface area (Å²) in [6.45, 7) is 1.84. The first-order chi connectivity index (χ1) is 14.0. The smallest absolute Gasteiger partial charge is 0.349 e. The zero-order valence-corrected chi connectivity index (χ0v) is 17.6. The number of hydrogen-bond acceptors (Lipinski definition) is 4. The van der Waals surface area contributed by atoms with Gasteiger partial charge in [0.2, 0.25) is 0 Å². The van der Waals surface area contributed by atoms with Crippen molar-refractivity contribution in [1.82, 2.24) is 9.55 Å². The molecule has 1 N–H and O–H groups in total. The number of rotatable bonds is 6. The quantitative estimate of drug-likeness (QED) is 0.352. The Hall–Kier alpha value is -2.54. The van der Waals surface area contributed by atoms with Gasteiger partial charge in [-0.3, -0.25) is 4.57 Å². The van der Waals surface area contributed by atoms with Crippen LogP contribution in [-0.2, 0) is 5.88 Å². The van der Waals surface area contributed by atoms with E-state index in [0.717, 1.165) is 33.5 Å². The lowest BCUT2D eigenvalue weighted by molar-refractivity contribution is 0.0696. The molecule has 0 aliphatic carbocycles. The summed E-state index contributed by atoms with van der Waals surface area (Å²) in [7, 11) is 0. The van der Waals surface area contributed by atoms with Crippen molar-refractivity contribution in [2.24, 2.45) is 0 Å². The number of alkyl halides is 1. The number of thiophene rings is 1. The molecule has 148 valence electrons. The van der Waals surface area contributed by atoms with Crippen LogP contribution < -0.4 is 4.74 Å². The minimum Gasteiger partial charge on any atom is -0.484 e. The first-order valence-electron chi connectivity index (χ1n) is 8.78. The lowest BCUT2D eigenvalue weighted by Gasteiger charge is -2.15. The van der Waals surface area contributed by atoms with E-state index in [-0.39, 0.29) is 4.88 Å². The van der Waals surface area contributed by atoms with E-state index in [0.29, 0.717) is 21.7 Å². The summed E-state index contributed by atoms with van der Waals surface area (Å²) in [6, 6.07) is 14.8. The Bertz CT molecular complexity index is 1200. The highest BCUT2D eigenvalue weighted by atomic mass is 35.5. The van der Waals surface area contributed by atoms with Gasteiger partial charge in [0, 0.05) is 22.5 Å². The Kier molecular flexibility index (Phi) is 5.50. The van der Waals surface area contributed by atoms with Gasteiger partial charge < -0.3 is 9.84 Å². The summed E-state index contributed by atoms with van der Waals surface area (Å²) < 4.78 is 7.84. The molecule has 0 radical (unpaired) electrons. The van der Waals surface area contributed by atoms with Crippen LogP contribution in [0.1, 0.15) is 33.8 Å². The van der Waals surface area contributed by atoms with Crippen molar-refractivity contribution in [2.45, 2.75) is 18.9 Å². The molecule has 0 amide bonds. The molecule has 1 atom stereocenters. The standard InChI is InChI=1S/C21H16Cl2N2O3S/c1-12(14-4-2-3-5-15(14)23)28-18-9-19(29-20(18)21(26)27)25-11-24-16-7-6-13(10-22)8-17(16)25/h2-9,11-12H,10H2,1H3,(H,26,27)/t12-/m1/s1. The second kappa shape index (κ2) is 8.06. The van der Waals surface area contributed by atoms with Crippen molar-refractivity contribution in [2.75, 3.05) is 0 Å². The van der Waals surface area contributed by atoms with Crippen LogP contribution in [0.5, 0.6) is 5.75 Å². The van der Waals surface area contributed by atoms with Gasteiger partial charge in [-0.2, -0.15) is 0 Å². The fourth-order valence-corrected chi connectivity index (χ4v) is 4.46. The molecule has 4 rings (SSSR count). The third-order valence-corrected chi connectivity index (χ3v) is 6.29. The van der Waals surface area contributed by atoms with E-state index < -0.39 is 12.1 Å². The van der Waals surface area contributed by atoms with Gasteiger partial charge in [-0.1, -0.05) is 35.9 Å². The second-order valence-corrected chi connectivity index (χ2v) is 8.14. The molecule has 2 aromatic carbocycles. The average molecular weight is 447 g/mol. The number of nitrogens with zero attached hydrogens (tertiary/aromatic N) is 2. The number of benzene rings is 2. The highest BCUT2D eigenvalue weighted by Crippen LogP contribution is 2.37. The van der Waals surface area contributed by atoms with Crippen LogP contribution >= 0.6 is 34.5 Å². The van der Waals surface area contributed by atoms with Gasteiger partial charge >= 0.3 is 5.97 Å². The molecule has 0 saturated heterocycles. The highest BCUT2D eigenvalue weighted by Gasteiger charge is 2.22. The number of imidazole rings is 1. The van der Waals surface area contributed by atoms with Crippen LogP contribution in [0.2, 0.25) is 5.02 Å². The summed E-state index contributed by atoms with van der Waals surface area (Å²) in [5.41, 5.74) is 3.40. The Morgan fingerprint density at radius 1 is 1.28 bits per heavy atom. The fourth-order valence-electron chi connectivity index (χ4n) is 3.09. The molecule has 2 heterocycles.